The second-order valence-electron chi connectivity index (χ2n) is 3.87. The van der Waals surface area contributed by atoms with Crippen LogP contribution in [0.3, 0.4) is 0 Å². The zero-order valence-electron chi connectivity index (χ0n) is 9.45. The first-order valence-electron chi connectivity index (χ1n) is 5.12. The molecule has 0 bridgehead atoms. The molecule has 94 valence electrons. The summed E-state index contributed by atoms with van der Waals surface area (Å²) >= 11 is 2.96. The number of nitrogens with zero attached hydrogens (tertiary/aromatic N) is 2. The topological polar surface area (TPSA) is 34.9 Å². The molecule has 3 nitrogen and oxygen atoms in total. The summed E-state index contributed by atoms with van der Waals surface area (Å²) in [6.45, 7) is 0. The minimum absolute atomic E-state index is 0.0800. The average Bonchev–Trinajstić information content (AvgIpc) is 2.62. The van der Waals surface area contributed by atoms with Gasteiger partial charge in [-0.1, -0.05) is 15.9 Å². The number of ketones is 1. The van der Waals surface area contributed by atoms with E-state index >= 15 is 0 Å². The summed E-state index contributed by atoms with van der Waals surface area (Å²) in [5.41, 5.74) is 0.103. The molecule has 0 fully saturated rings. The van der Waals surface area contributed by atoms with E-state index in [0.29, 0.717) is 5.56 Å². The second-order valence-corrected chi connectivity index (χ2v) is 4.78. The summed E-state index contributed by atoms with van der Waals surface area (Å²) in [6, 6.07) is 2.14. The zero-order chi connectivity index (χ0) is 13.3. The number of rotatable bonds is 3. The Hall–Kier alpha value is -1.56. The van der Waals surface area contributed by atoms with Crippen molar-refractivity contribution < 1.29 is 13.6 Å². The third-order valence-corrected chi connectivity index (χ3v) is 2.87. The quantitative estimate of drug-likeness (QED) is 0.816. The number of aromatic nitrogens is 2. The summed E-state index contributed by atoms with van der Waals surface area (Å²) in [7, 11) is 1.70. The molecule has 0 amide bonds. The Balaban J connectivity index is 2.29. The molecular formula is C12H9BrF2N2O. The zero-order valence-corrected chi connectivity index (χ0v) is 11.0. The van der Waals surface area contributed by atoms with Crippen molar-refractivity contribution in [3.05, 3.63) is 51.8 Å². The lowest BCUT2D eigenvalue weighted by molar-refractivity contribution is 0.0985. The van der Waals surface area contributed by atoms with E-state index in [1.807, 2.05) is 0 Å². The van der Waals surface area contributed by atoms with Crippen LogP contribution in [0.5, 0.6) is 0 Å². The molecule has 0 N–H and O–H groups in total. The van der Waals surface area contributed by atoms with Gasteiger partial charge in [0, 0.05) is 24.1 Å². The fourth-order valence-electron chi connectivity index (χ4n) is 1.65. The molecule has 0 unspecified atom stereocenters. The van der Waals surface area contributed by atoms with E-state index in [0.717, 1.165) is 12.1 Å². The van der Waals surface area contributed by atoms with Gasteiger partial charge in [0.1, 0.15) is 11.6 Å². The van der Waals surface area contributed by atoms with Crippen molar-refractivity contribution in [3.8, 4) is 0 Å². The van der Waals surface area contributed by atoms with Crippen LogP contribution in [0, 0.1) is 11.6 Å². The molecule has 1 heterocycles. The van der Waals surface area contributed by atoms with E-state index in [-0.39, 0.29) is 10.9 Å². The molecule has 6 heteroatoms. The molecule has 2 rings (SSSR count). The normalized spacial score (nSPS) is 10.7. The van der Waals surface area contributed by atoms with Crippen molar-refractivity contribution >= 4 is 21.7 Å². The van der Waals surface area contributed by atoms with Gasteiger partial charge in [-0.3, -0.25) is 9.48 Å². The summed E-state index contributed by atoms with van der Waals surface area (Å²) in [6.07, 6.45) is 3.04. The molecule has 1 aromatic heterocycles. The summed E-state index contributed by atoms with van der Waals surface area (Å²) < 4.78 is 28.9. The monoisotopic (exact) mass is 314 g/mol. The van der Waals surface area contributed by atoms with Gasteiger partial charge in [-0.25, -0.2) is 8.78 Å². The van der Waals surface area contributed by atoms with E-state index in [4.69, 9.17) is 0 Å². The van der Waals surface area contributed by atoms with Gasteiger partial charge < -0.3 is 0 Å². The number of hydrogen-bond acceptors (Lipinski definition) is 2. The van der Waals surface area contributed by atoms with Gasteiger partial charge in [0.05, 0.1) is 11.8 Å². The molecule has 0 aliphatic carbocycles. The third-order valence-electron chi connectivity index (χ3n) is 2.41. The summed E-state index contributed by atoms with van der Waals surface area (Å²) in [4.78, 5) is 11.8. The number of aryl methyl sites for hydroxylation is 1. The van der Waals surface area contributed by atoms with E-state index in [1.54, 1.807) is 13.2 Å². The molecule has 0 aliphatic heterocycles. The van der Waals surface area contributed by atoms with Crippen molar-refractivity contribution in [2.45, 2.75) is 6.42 Å². The second kappa shape index (κ2) is 4.97. The summed E-state index contributed by atoms with van der Waals surface area (Å²) in [5, 5.41) is 3.89. The minimum Gasteiger partial charge on any atom is -0.294 e. The molecule has 0 aliphatic rings. The Bertz CT molecular complexity index is 587. The molecule has 18 heavy (non-hydrogen) atoms. The predicted octanol–water partition coefficient (Wildman–Crippen LogP) is 2.89. The Labute approximate surface area is 111 Å². The molecular weight excluding hydrogens is 306 g/mol. The standard InChI is InChI=1S/C12H9BrF2N2O/c1-17-6-7(5-16-17)2-11(18)12-9(14)3-8(13)4-10(12)15/h3-6H,2H2,1H3. The molecule has 2 aromatic rings. The third kappa shape index (κ3) is 2.64. The predicted molar refractivity (Wildman–Crippen MR) is 65.3 cm³/mol. The lowest BCUT2D eigenvalue weighted by Gasteiger charge is -2.04. The van der Waals surface area contributed by atoms with Crippen LogP contribution in [0.1, 0.15) is 15.9 Å². The Kier molecular flexibility index (Phi) is 3.56. The van der Waals surface area contributed by atoms with Gasteiger partial charge in [-0.05, 0) is 17.7 Å². The average molecular weight is 315 g/mol. The molecule has 0 radical (unpaired) electrons. The highest BCUT2D eigenvalue weighted by atomic mass is 79.9. The highest BCUT2D eigenvalue weighted by Crippen LogP contribution is 2.21. The van der Waals surface area contributed by atoms with E-state index in [1.165, 1.54) is 10.9 Å². The first kappa shape index (κ1) is 12.9. The summed E-state index contributed by atoms with van der Waals surface area (Å²) in [5.74, 6) is -2.34. The highest BCUT2D eigenvalue weighted by Gasteiger charge is 2.19. The van der Waals surface area contributed by atoms with Crippen LogP contribution in [0.2, 0.25) is 0 Å². The van der Waals surface area contributed by atoms with E-state index in [2.05, 4.69) is 21.0 Å². The fraction of sp³-hybridized carbons (Fsp3) is 0.167. The lowest BCUT2D eigenvalue weighted by Crippen LogP contribution is -2.09. The number of Topliss-reactive ketones (excluding diaryl/α,β-unsaturated/α-hetero) is 1. The first-order chi connectivity index (χ1) is 8.47. The van der Waals surface area contributed by atoms with Gasteiger partial charge in [-0.2, -0.15) is 5.10 Å². The van der Waals surface area contributed by atoms with Crippen molar-refractivity contribution in [1.29, 1.82) is 0 Å². The van der Waals surface area contributed by atoms with Crippen molar-refractivity contribution in [3.63, 3.8) is 0 Å². The SMILES string of the molecule is Cn1cc(CC(=O)c2c(F)cc(Br)cc2F)cn1. The number of benzene rings is 1. The van der Waals surface area contributed by atoms with Gasteiger partial charge in [0.25, 0.3) is 0 Å². The lowest BCUT2D eigenvalue weighted by atomic mass is 10.0. The van der Waals surface area contributed by atoms with Crippen molar-refractivity contribution in [1.82, 2.24) is 9.78 Å². The van der Waals surface area contributed by atoms with Gasteiger partial charge in [-0.15, -0.1) is 0 Å². The van der Waals surface area contributed by atoms with Gasteiger partial charge >= 0.3 is 0 Å². The Morgan fingerprint density at radius 1 is 1.39 bits per heavy atom. The van der Waals surface area contributed by atoms with Crippen LogP contribution >= 0.6 is 15.9 Å². The van der Waals surface area contributed by atoms with Crippen LogP contribution in [-0.2, 0) is 13.5 Å². The van der Waals surface area contributed by atoms with Crippen LogP contribution < -0.4 is 0 Å². The Morgan fingerprint density at radius 3 is 2.50 bits per heavy atom. The van der Waals surface area contributed by atoms with Crippen molar-refractivity contribution in [2.24, 2.45) is 7.05 Å². The van der Waals surface area contributed by atoms with Crippen LogP contribution in [0.15, 0.2) is 29.0 Å². The van der Waals surface area contributed by atoms with E-state index in [9.17, 15) is 13.6 Å². The molecule has 0 spiro atoms. The minimum atomic E-state index is -0.865. The van der Waals surface area contributed by atoms with Crippen LogP contribution in [-0.4, -0.2) is 15.6 Å². The molecule has 0 saturated heterocycles. The maximum Gasteiger partial charge on any atom is 0.173 e. The van der Waals surface area contributed by atoms with Crippen LogP contribution in [0.25, 0.3) is 0 Å². The number of hydrogen-bond donors (Lipinski definition) is 0. The van der Waals surface area contributed by atoms with Gasteiger partial charge in [0.15, 0.2) is 5.78 Å². The van der Waals surface area contributed by atoms with Crippen LogP contribution in [0.4, 0.5) is 8.78 Å². The number of carbonyl (C=O) groups excluding carboxylic acids is 1. The largest absolute Gasteiger partial charge is 0.294 e. The van der Waals surface area contributed by atoms with Crippen molar-refractivity contribution in [2.75, 3.05) is 0 Å². The van der Waals surface area contributed by atoms with E-state index < -0.39 is 23.0 Å². The molecule has 0 saturated carbocycles. The smallest absolute Gasteiger partial charge is 0.173 e. The fourth-order valence-corrected chi connectivity index (χ4v) is 2.05. The van der Waals surface area contributed by atoms with Gasteiger partial charge in [0.2, 0.25) is 0 Å². The molecule has 1 aromatic carbocycles. The molecule has 0 atom stereocenters. The number of carbonyl (C=O) groups is 1. The Morgan fingerprint density at radius 2 is 2.00 bits per heavy atom. The maximum atomic E-state index is 13.6. The highest BCUT2D eigenvalue weighted by molar-refractivity contribution is 9.10. The first-order valence-corrected chi connectivity index (χ1v) is 5.92. The maximum absolute atomic E-state index is 13.6. The number of halogens is 3.